The molecule has 0 atom stereocenters. The number of aromatic nitrogens is 1. The minimum Gasteiger partial charge on any atom is -0.396 e. The van der Waals surface area contributed by atoms with Gasteiger partial charge in [0.2, 0.25) is 0 Å². The van der Waals surface area contributed by atoms with Gasteiger partial charge in [-0.25, -0.2) is 4.39 Å². The molecule has 0 bridgehead atoms. The van der Waals surface area contributed by atoms with Crippen LogP contribution < -0.4 is 5.73 Å². The standard InChI is InChI=1S/C15H18FN3/c1-2-19(10-12-6-8-18-9-7-12)11-13-4-3-5-14(16)15(13)17/h3-9H,2,10-11,17H2,1H3. The van der Waals surface area contributed by atoms with Crippen molar-refractivity contribution in [3.05, 3.63) is 59.7 Å². The van der Waals surface area contributed by atoms with Crippen LogP contribution >= 0.6 is 0 Å². The third-order valence-corrected chi connectivity index (χ3v) is 3.14. The normalized spacial score (nSPS) is 10.9. The summed E-state index contributed by atoms with van der Waals surface area (Å²) in [7, 11) is 0. The third kappa shape index (κ3) is 3.51. The highest BCUT2D eigenvalue weighted by molar-refractivity contribution is 5.47. The van der Waals surface area contributed by atoms with E-state index in [4.69, 9.17) is 5.73 Å². The zero-order valence-corrected chi connectivity index (χ0v) is 11.0. The first kappa shape index (κ1) is 13.5. The second kappa shape index (κ2) is 6.29. The molecule has 2 N–H and O–H groups in total. The summed E-state index contributed by atoms with van der Waals surface area (Å²) in [5.74, 6) is -0.350. The van der Waals surface area contributed by atoms with E-state index in [1.165, 1.54) is 11.6 Å². The summed E-state index contributed by atoms with van der Waals surface area (Å²) >= 11 is 0. The zero-order valence-electron chi connectivity index (χ0n) is 11.0. The van der Waals surface area contributed by atoms with E-state index in [9.17, 15) is 4.39 Å². The highest BCUT2D eigenvalue weighted by Gasteiger charge is 2.09. The number of anilines is 1. The topological polar surface area (TPSA) is 42.2 Å². The van der Waals surface area contributed by atoms with Crippen molar-refractivity contribution >= 4 is 5.69 Å². The van der Waals surface area contributed by atoms with E-state index in [1.807, 2.05) is 18.2 Å². The largest absolute Gasteiger partial charge is 0.396 e. The molecule has 4 heteroatoms. The molecule has 0 aliphatic carbocycles. The maximum atomic E-state index is 13.4. The van der Waals surface area contributed by atoms with Gasteiger partial charge in [0.05, 0.1) is 5.69 Å². The molecular weight excluding hydrogens is 241 g/mol. The van der Waals surface area contributed by atoms with Crippen molar-refractivity contribution in [2.75, 3.05) is 12.3 Å². The van der Waals surface area contributed by atoms with Crippen LogP contribution in [0.15, 0.2) is 42.7 Å². The van der Waals surface area contributed by atoms with E-state index < -0.39 is 0 Å². The molecule has 19 heavy (non-hydrogen) atoms. The number of pyridine rings is 1. The van der Waals surface area contributed by atoms with Gasteiger partial charge in [-0.2, -0.15) is 0 Å². The molecule has 3 nitrogen and oxygen atoms in total. The lowest BCUT2D eigenvalue weighted by Crippen LogP contribution is -2.23. The third-order valence-electron chi connectivity index (χ3n) is 3.14. The first-order valence-electron chi connectivity index (χ1n) is 6.34. The average Bonchev–Trinajstić information content (AvgIpc) is 2.44. The molecule has 0 radical (unpaired) electrons. The van der Waals surface area contributed by atoms with Crippen LogP contribution in [0.2, 0.25) is 0 Å². The number of halogens is 1. The number of para-hydroxylation sites is 1. The van der Waals surface area contributed by atoms with Crippen LogP contribution in [0.5, 0.6) is 0 Å². The Kier molecular flexibility index (Phi) is 4.47. The first-order valence-corrected chi connectivity index (χ1v) is 6.34. The Bertz CT molecular complexity index is 528. The van der Waals surface area contributed by atoms with Crippen molar-refractivity contribution in [3.8, 4) is 0 Å². The van der Waals surface area contributed by atoms with Crippen molar-refractivity contribution < 1.29 is 4.39 Å². The van der Waals surface area contributed by atoms with Crippen LogP contribution in [0, 0.1) is 5.82 Å². The summed E-state index contributed by atoms with van der Waals surface area (Å²) in [6.45, 7) is 4.40. The fourth-order valence-electron chi connectivity index (χ4n) is 1.99. The highest BCUT2D eigenvalue weighted by atomic mass is 19.1. The zero-order chi connectivity index (χ0) is 13.7. The SMILES string of the molecule is CCN(Cc1ccncc1)Cc1cccc(F)c1N. The Morgan fingerprint density at radius 1 is 1.16 bits per heavy atom. The quantitative estimate of drug-likeness (QED) is 0.840. The van der Waals surface area contributed by atoms with E-state index in [0.717, 1.165) is 18.7 Å². The molecular formula is C15H18FN3. The van der Waals surface area contributed by atoms with E-state index in [0.29, 0.717) is 6.54 Å². The highest BCUT2D eigenvalue weighted by Crippen LogP contribution is 2.18. The Balaban J connectivity index is 2.09. The van der Waals surface area contributed by atoms with Crippen molar-refractivity contribution in [2.24, 2.45) is 0 Å². The van der Waals surface area contributed by atoms with E-state index in [2.05, 4.69) is 16.8 Å². The summed E-state index contributed by atoms with van der Waals surface area (Å²) in [5, 5.41) is 0. The summed E-state index contributed by atoms with van der Waals surface area (Å²) < 4.78 is 13.4. The molecule has 1 aromatic heterocycles. The fourth-order valence-corrected chi connectivity index (χ4v) is 1.99. The van der Waals surface area contributed by atoms with Crippen LogP contribution in [0.25, 0.3) is 0 Å². The van der Waals surface area contributed by atoms with Crippen LogP contribution in [-0.2, 0) is 13.1 Å². The Hall–Kier alpha value is -1.94. The molecule has 0 spiro atoms. The van der Waals surface area contributed by atoms with Crippen LogP contribution in [0.4, 0.5) is 10.1 Å². The van der Waals surface area contributed by atoms with Gasteiger partial charge in [-0.3, -0.25) is 9.88 Å². The number of nitrogens with two attached hydrogens (primary N) is 1. The number of nitrogens with zero attached hydrogens (tertiary/aromatic N) is 2. The summed E-state index contributed by atoms with van der Waals surface area (Å²) in [6.07, 6.45) is 3.55. The van der Waals surface area contributed by atoms with Crippen molar-refractivity contribution in [3.63, 3.8) is 0 Å². The van der Waals surface area contributed by atoms with Crippen LogP contribution in [-0.4, -0.2) is 16.4 Å². The lowest BCUT2D eigenvalue weighted by molar-refractivity contribution is 0.271. The first-order chi connectivity index (χ1) is 9.20. The van der Waals surface area contributed by atoms with Gasteiger partial charge >= 0.3 is 0 Å². The van der Waals surface area contributed by atoms with Gasteiger partial charge in [0.1, 0.15) is 5.82 Å². The van der Waals surface area contributed by atoms with E-state index >= 15 is 0 Å². The van der Waals surface area contributed by atoms with Gasteiger partial charge in [-0.1, -0.05) is 19.1 Å². The van der Waals surface area contributed by atoms with Gasteiger partial charge < -0.3 is 5.73 Å². The number of hydrogen-bond donors (Lipinski definition) is 1. The van der Waals surface area contributed by atoms with Gasteiger partial charge in [0.15, 0.2) is 0 Å². The van der Waals surface area contributed by atoms with Gasteiger partial charge in [-0.05, 0) is 35.9 Å². The summed E-state index contributed by atoms with van der Waals surface area (Å²) in [6, 6.07) is 8.92. The molecule has 0 amide bonds. The number of benzene rings is 1. The molecule has 1 heterocycles. The van der Waals surface area contributed by atoms with Crippen molar-refractivity contribution in [2.45, 2.75) is 20.0 Å². The second-order valence-electron chi connectivity index (χ2n) is 4.47. The van der Waals surface area contributed by atoms with E-state index in [1.54, 1.807) is 18.5 Å². The summed E-state index contributed by atoms with van der Waals surface area (Å²) in [4.78, 5) is 6.21. The van der Waals surface area contributed by atoms with E-state index in [-0.39, 0.29) is 11.5 Å². The number of hydrogen-bond acceptors (Lipinski definition) is 3. The molecule has 0 saturated heterocycles. The molecule has 0 saturated carbocycles. The summed E-state index contributed by atoms with van der Waals surface area (Å²) in [5.41, 5.74) is 8.03. The predicted molar refractivity (Wildman–Crippen MR) is 74.8 cm³/mol. The van der Waals surface area contributed by atoms with Crippen molar-refractivity contribution in [1.29, 1.82) is 0 Å². The smallest absolute Gasteiger partial charge is 0.146 e. The monoisotopic (exact) mass is 259 g/mol. The minimum atomic E-state index is -0.350. The lowest BCUT2D eigenvalue weighted by Gasteiger charge is -2.21. The molecule has 0 aliphatic rings. The maximum Gasteiger partial charge on any atom is 0.146 e. The molecule has 0 unspecified atom stereocenters. The fraction of sp³-hybridized carbons (Fsp3) is 0.267. The average molecular weight is 259 g/mol. The maximum absolute atomic E-state index is 13.4. The molecule has 0 aliphatic heterocycles. The minimum absolute atomic E-state index is 0.246. The van der Waals surface area contributed by atoms with Gasteiger partial charge in [-0.15, -0.1) is 0 Å². The Labute approximate surface area is 112 Å². The van der Waals surface area contributed by atoms with Gasteiger partial charge in [0.25, 0.3) is 0 Å². The van der Waals surface area contributed by atoms with Crippen LogP contribution in [0.1, 0.15) is 18.1 Å². The van der Waals surface area contributed by atoms with Crippen molar-refractivity contribution in [1.82, 2.24) is 9.88 Å². The van der Waals surface area contributed by atoms with Gasteiger partial charge in [0, 0.05) is 25.5 Å². The lowest BCUT2D eigenvalue weighted by atomic mass is 10.1. The Morgan fingerprint density at radius 2 is 1.89 bits per heavy atom. The molecule has 0 fully saturated rings. The molecule has 2 rings (SSSR count). The molecule has 100 valence electrons. The Morgan fingerprint density at radius 3 is 2.58 bits per heavy atom. The second-order valence-corrected chi connectivity index (χ2v) is 4.47. The molecule has 1 aromatic carbocycles. The number of rotatable bonds is 5. The predicted octanol–water partition coefficient (Wildman–Crippen LogP) is 2.83. The van der Waals surface area contributed by atoms with Crippen LogP contribution in [0.3, 0.4) is 0 Å². The molecule has 2 aromatic rings. The number of nitrogen functional groups attached to an aromatic ring is 1.